The second-order valence-corrected chi connectivity index (χ2v) is 9.10. The number of carbonyl (C=O) groups excluding carboxylic acids is 1. The molecule has 0 aliphatic carbocycles. The fourth-order valence-electron chi connectivity index (χ4n) is 3.01. The fourth-order valence-corrected chi connectivity index (χ4v) is 5.11. The van der Waals surface area contributed by atoms with E-state index >= 15 is 0 Å². The van der Waals surface area contributed by atoms with Crippen molar-refractivity contribution >= 4 is 29.4 Å². The summed E-state index contributed by atoms with van der Waals surface area (Å²) in [6, 6.07) is 11.2. The molecule has 1 unspecified atom stereocenters. The average molecular weight is 407 g/mol. The molecule has 1 amide bonds. The highest BCUT2D eigenvalue weighted by atomic mass is 32.2. The number of amides is 1. The molecule has 1 aromatic carbocycles. The molecule has 1 aliphatic rings. The molecule has 2 heterocycles. The van der Waals surface area contributed by atoms with Crippen LogP contribution in [0.4, 0.5) is 0 Å². The average Bonchev–Trinajstić information content (AvgIpc) is 3.07. The minimum absolute atomic E-state index is 0.0303. The maximum absolute atomic E-state index is 12.4. The third kappa shape index (κ3) is 5.70. The van der Waals surface area contributed by atoms with E-state index in [1.165, 1.54) is 0 Å². The maximum atomic E-state index is 12.4. The molecule has 1 N–H and O–H groups in total. The fraction of sp³-hybridized carbons (Fsp3) is 0.450. The molecule has 5 nitrogen and oxygen atoms in total. The number of thioether (sulfide) groups is 2. The molecule has 7 heteroatoms. The molecule has 1 fully saturated rings. The van der Waals surface area contributed by atoms with Crippen LogP contribution in [0.15, 0.2) is 40.8 Å². The number of hydrogen-bond acceptors (Lipinski definition) is 6. The predicted molar refractivity (Wildman–Crippen MR) is 112 cm³/mol. The Balaban J connectivity index is 1.52. The summed E-state index contributed by atoms with van der Waals surface area (Å²) >= 11 is 3.57. The predicted octanol–water partition coefficient (Wildman–Crippen LogP) is 3.94. The van der Waals surface area contributed by atoms with E-state index < -0.39 is 0 Å². The van der Waals surface area contributed by atoms with Gasteiger partial charge in [-0.3, -0.25) is 4.79 Å². The Bertz CT molecular complexity index is 746. The molecule has 0 saturated carbocycles. The highest BCUT2D eigenvalue weighted by Gasteiger charge is 2.29. The van der Waals surface area contributed by atoms with Crippen molar-refractivity contribution in [2.75, 3.05) is 32.1 Å². The van der Waals surface area contributed by atoms with Crippen LogP contribution in [0.25, 0.3) is 0 Å². The lowest BCUT2D eigenvalue weighted by Gasteiger charge is -2.35. The quantitative estimate of drug-likeness (QED) is 0.670. The zero-order valence-corrected chi connectivity index (χ0v) is 17.4. The molecular formula is C20H26N2O3S2. The van der Waals surface area contributed by atoms with Crippen molar-refractivity contribution < 1.29 is 14.3 Å². The monoisotopic (exact) mass is 406 g/mol. The zero-order chi connectivity index (χ0) is 19.2. The smallest absolute Gasteiger partial charge is 0.224 e. The first-order valence-corrected chi connectivity index (χ1v) is 11.2. The van der Waals surface area contributed by atoms with Crippen LogP contribution in [0.5, 0.6) is 5.75 Å². The molecule has 3 rings (SSSR count). The minimum atomic E-state index is 0.0303. The largest absolute Gasteiger partial charge is 0.508 e. The van der Waals surface area contributed by atoms with Crippen LogP contribution in [-0.2, 0) is 17.1 Å². The molecule has 1 atom stereocenters. The summed E-state index contributed by atoms with van der Waals surface area (Å²) in [4.78, 5) is 16.5. The van der Waals surface area contributed by atoms with Gasteiger partial charge in [-0.1, -0.05) is 12.1 Å². The second kappa shape index (κ2) is 9.57. The highest BCUT2D eigenvalue weighted by molar-refractivity contribution is 7.99. The third-order valence-corrected chi connectivity index (χ3v) is 6.53. The van der Waals surface area contributed by atoms with Crippen molar-refractivity contribution in [3.8, 4) is 5.75 Å². The van der Waals surface area contributed by atoms with Crippen LogP contribution in [-0.4, -0.2) is 53.0 Å². The Morgan fingerprint density at radius 3 is 2.70 bits per heavy atom. The second-order valence-electron chi connectivity index (χ2n) is 6.81. The van der Waals surface area contributed by atoms with E-state index in [4.69, 9.17) is 4.42 Å². The molecule has 0 spiro atoms. The van der Waals surface area contributed by atoms with Gasteiger partial charge >= 0.3 is 0 Å². The molecular weight excluding hydrogens is 380 g/mol. The normalized spacial score (nSPS) is 17.7. The number of phenolic OH excluding ortho intramolecular Hbond substituents is 1. The van der Waals surface area contributed by atoms with Crippen LogP contribution in [0.2, 0.25) is 0 Å². The van der Waals surface area contributed by atoms with Gasteiger partial charge in [0.15, 0.2) is 0 Å². The highest BCUT2D eigenvalue weighted by Crippen LogP contribution is 2.37. The number of rotatable bonds is 8. The van der Waals surface area contributed by atoms with Gasteiger partial charge in [-0.15, -0.1) is 11.8 Å². The van der Waals surface area contributed by atoms with E-state index in [9.17, 15) is 9.90 Å². The van der Waals surface area contributed by atoms with Gasteiger partial charge in [-0.05, 0) is 43.9 Å². The summed E-state index contributed by atoms with van der Waals surface area (Å²) in [5.41, 5.74) is 1.07. The summed E-state index contributed by atoms with van der Waals surface area (Å²) in [7, 11) is 4.05. The van der Waals surface area contributed by atoms with Crippen LogP contribution >= 0.6 is 23.5 Å². The molecule has 146 valence electrons. The number of benzene rings is 1. The Hall–Kier alpha value is -1.57. The van der Waals surface area contributed by atoms with Crippen molar-refractivity contribution in [3.63, 3.8) is 0 Å². The van der Waals surface area contributed by atoms with Gasteiger partial charge in [0.2, 0.25) is 5.91 Å². The third-order valence-electron chi connectivity index (χ3n) is 4.28. The van der Waals surface area contributed by atoms with Crippen molar-refractivity contribution in [1.82, 2.24) is 9.80 Å². The van der Waals surface area contributed by atoms with E-state index in [2.05, 4.69) is 4.90 Å². The van der Waals surface area contributed by atoms with Crippen molar-refractivity contribution in [2.45, 2.75) is 24.1 Å². The first kappa shape index (κ1) is 20.2. The summed E-state index contributed by atoms with van der Waals surface area (Å²) in [6.45, 7) is 1.52. The summed E-state index contributed by atoms with van der Waals surface area (Å²) < 4.78 is 5.84. The van der Waals surface area contributed by atoms with Gasteiger partial charge in [-0.2, -0.15) is 11.8 Å². The first-order chi connectivity index (χ1) is 13.0. The number of hydrogen-bond donors (Lipinski definition) is 1. The summed E-state index contributed by atoms with van der Waals surface area (Å²) in [5.74, 6) is 4.93. The van der Waals surface area contributed by atoms with Gasteiger partial charge in [0.25, 0.3) is 0 Å². The lowest BCUT2D eigenvalue weighted by Crippen LogP contribution is -2.38. The van der Waals surface area contributed by atoms with Gasteiger partial charge < -0.3 is 19.3 Å². The first-order valence-electron chi connectivity index (χ1n) is 9.03. The van der Waals surface area contributed by atoms with Gasteiger partial charge in [0.05, 0.1) is 12.3 Å². The van der Waals surface area contributed by atoms with E-state index in [1.807, 2.05) is 43.3 Å². The number of aromatic hydroxyl groups is 1. The Morgan fingerprint density at radius 1 is 1.22 bits per heavy atom. The Morgan fingerprint density at radius 2 is 1.96 bits per heavy atom. The molecule has 0 radical (unpaired) electrons. The summed E-state index contributed by atoms with van der Waals surface area (Å²) in [5, 5.41) is 9.53. The van der Waals surface area contributed by atoms with Gasteiger partial charge in [0, 0.05) is 24.5 Å². The Kier molecular flexibility index (Phi) is 7.15. The zero-order valence-electron chi connectivity index (χ0n) is 15.8. The molecule has 27 heavy (non-hydrogen) atoms. The number of nitrogens with zero attached hydrogens (tertiary/aromatic N) is 2. The number of phenols is 1. The van der Waals surface area contributed by atoms with E-state index in [0.717, 1.165) is 40.9 Å². The SMILES string of the molecule is CN(C)Cc1ccc(CSCCN2C(=O)CCSC2c2ccc(O)cc2)o1. The molecule has 2 aromatic rings. The standard InChI is InChI=1S/C20H26N2O3S2/c1-21(2)13-17-7-8-18(25-17)14-26-12-10-22-19(24)9-11-27-20(22)15-3-5-16(23)6-4-15/h3-8,20,23H,9-14H2,1-2H3. The summed E-state index contributed by atoms with van der Waals surface area (Å²) in [6.07, 6.45) is 0.593. The molecule has 1 aromatic heterocycles. The lowest BCUT2D eigenvalue weighted by atomic mass is 10.2. The van der Waals surface area contributed by atoms with Crippen LogP contribution in [0.3, 0.4) is 0 Å². The van der Waals surface area contributed by atoms with Crippen molar-refractivity contribution in [2.24, 2.45) is 0 Å². The van der Waals surface area contributed by atoms with Gasteiger partial charge in [-0.25, -0.2) is 0 Å². The van der Waals surface area contributed by atoms with Crippen molar-refractivity contribution in [1.29, 1.82) is 0 Å². The van der Waals surface area contributed by atoms with Crippen LogP contribution < -0.4 is 0 Å². The van der Waals surface area contributed by atoms with Crippen molar-refractivity contribution in [3.05, 3.63) is 53.5 Å². The molecule has 0 bridgehead atoms. The van der Waals surface area contributed by atoms with E-state index in [1.54, 1.807) is 35.7 Å². The van der Waals surface area contributed by atoms with Gasteiger partial charge in [0.1, 0.15) is 22.6 Å². The number of carbonyl (C=O) groups is 1. The Labute approximate surface area is 169 Å². The maximum Gasteiger partial charge on any atom is 0.224 e. The van der Waals surface area contributed by atoms with Crippen LogP contribution in [0.1, 0.15) is 28.9 Å². The minimum Gasteiger partial charge on any atom is -0.508 e. The topological polar surface area (TPSA) is 56.9 Å². The van der Waals surface area contributed by atoms with Crippen LogP contribution in [0, 0.1) is 0 Å². The van der Waals surface area contributed by atoms with E-state index in [-0.39, 0.29) is 17.0 Å². The molecule has 1 saturated heterocycles. The van der Waals surface area contributed by atoms with E-state index in [0.29, 0.717) is 13.0 Å². The number of furan rings is 1. The molecule has 1 aliphatic heterocycles. The lowest BCUT2D eigenvalue weighted by molar-refractivity contribution is -0.131.